The Bertz CT molecular complexity index is 867. The number of ketones is 1. The Morgan fingerprint density at radius 1 is 1.11 bits per heavy atom. The number of benzene rings is 1. The summed E-state index contributed by atoms with van der Waals surface area (Å²) in [7, 11) is 1.55. The van der Waals surface area contributed by atoms with Crippen molar-refractivity contribution in [3.63, 3.8) is 0 Å². The van der Waals surface area contributed by atoms with Crippen molar-refractivity contribution < 1.29 is 33.0 Å². The number of ether oxygens (including phenoxy) is 3. The normalized spacial score (nSPS) is 11.5. The van der Waals surface area contributed by atoms with Gasteiger partial charge in [0.1, 0.15) is 22.8 Å². The van der Waals surface area contributed by atoms with Crippen molar-refractivity contribution in [3.05, 3.63) is 41.2 Å². The van der Waals surface area contributed by atoms with Crippen LogP contribution in [0.5, 0.6) is 11.5 Å². The van der Waals surface area contributed by atoms with Gasteiger partial charge in [-0.2, -0.15) is 0 Å². The molecule has 1 amide bonds. The summed E-state index contributed by atoms with van der Waals surface area (Å²) in [5, 5.41) is 2.50. The molecule has 8 heteroatoms. The molecule has 0 aliphatic carbocycles. The molecule has 2 aromatic rings. The second kappa shape index (κ2) is 9.07. The minimum Gasteiger partial charge on any atom is -0.497 e. The highest BCUT2D eigenvalue weighted by molar-refractivity contribution is 6.11. The Balaban J connectivity index is 2.20. The monoisotopic (exact) mass is 389 g/mol. The maximum atomic E-state index is 12.5. The number of anilines is 1. The molecule has 150 valence electrons. The number of hydrogen-bond acceptors (Lipinski definition) is 7. The van der Waals surface area contributed by atoms with Crippen LogP contribution in [0.2, 0.25) is 0 Å². The number of rotatable bonds is 8. The van der Waals surface area contributed by atoms with Gasteiger partial charge in [-0.3, -0.25) is 14.9 Å². The fourth-order valence-electron chi connectivity index (χ4n) is 2.58. The van der Waals surface area contributed by atoms with Crippen LogP contribution in [0.3, 0.4) is 0 Å². The maximum Gasteiger partial charge on any atom is 0.344 e. The van der Waals surface area contributed by atoms with E-state index in [0.29, 0.717) is 11.5 Å². The predicted molar refractivity (Wildman–Crippen MR) is 101 cm³/mol. The van der Waals surface area contributed by atoms with Gasteiger partial charge in [0, 0.05) is 0 Å². The molecule has 0 saturated heterocycles. The molecule has 0 radical (unpaired) electrons. The quantitative estimate of drug-likeness (QED) is 0.545. The van der Waals surface area contributed by atoms with Crippen LogP contribution in [0.15, 0.2) is 28.7 Å². The van der Waals surface area contributed by atoms with Crippen molar-refractivity contribution >= 4 is 23.5 Å². The van der Waals surface area contributed by atoms with E-state index in [4.69, 9.17) is 18.6 Å². The number of furan rings is 1. The van der Waals surface area contributed by atoms with E-state index in [0.717, 1.165) is 0 Å². The molecule has 1 unspecified atom stereocenters. The van der Waals surface area contributed by atoms with Crippen LogP contribution in [0.25, 0.3) is 0 Å². The highest BCUT2D eigenvalue weighted by Gasteiger charge is 2.29. The molecular formula is C20H23NO7. The molecule has 0 fully saturated rings. The van der Waals surface area contributed by atoms with Crippen LogP contribution < -0.4 is 14.8 Å². The van der Waals surface area contributed by atoms with Crippen LogP contribution in [0.4, 0.5) is 5.88 Å². The number of amides is 1. The molecule has 1 aromatic heterocycles. The Labute approximate surface area is 162 Å². The van der Waals surface area contributed by atoms with Crippen LogP contribution in [0, 0.1) is 6.92 Å². The Hall–Kier alpha value is -3.29. The first-order valence-corrected chi connectivity index (χ1v) is 8.71. The lowest BCUT2D eigenvalue weighted by Gasteiger charge is -2.14. The van der Waals surface area contributed by atoms with Crippen LogP contribution >= 0.6 is 0 Å². The van der Waals surface area contributed by atoms with Crippen molar-refractivity contribution in [1.29, 1.82) is 0 Å². The predicted octanol–water partition coefficient (Wildman–Crippen LogP) is 3.38. The third-order valence-corrected chi connectivity index (χ3v) is 3.89. The average Bonchev–Trinajstić information content (AvgIpc) is 2.98. The largest absolute Gasteiger partial charge is 0.497 e. The lowest BCUT2D eigenvalue weighted by atomic mass is 10.1. The number of Topliss-reactive ketones (excluding diaryl/α,β-unsaturated/α-hetero) is 1. The Morgan fingerprint density at radius 3 is 2.25 bits per heavy atom. The number of hydrogen-bond donors (Lipinski definition) is 1. The number of nitrogens with one attached hydrogen (secondary N) is 1. The molecule has 0 bridgehead atoms. The fourth-order valence-corrected chi connectivity index (χ4v) is 2.58. The number of methoxy groups -OCH3 is 1. The highest BCUT2D eigenvalue weighted by Crippen LogP contribution is 2.29. The molecule has 0 aliphatic rings. The van der Waals surface area contributed by atoms with Crippen molar-refractivity contribution in [2.75, 3.05) is 19.0 Å². The molecule has 0 spiro atoms. The molecule has 1 N–H and O–H groups in total. The summed E-state index contributed by atoms with van der Waals surface area (Å²) >= 11 is 0. The minimum atomic E-state index is -0.894. The first kappa shape index (κ1) is 21.0. The van der Waals surface area contributed by atoms with Gasteiger partial charge in [-0.05, 0) is 52.0 Å². The van der Waals surface area contributed by atoms with E-state index >= 15 is 0 Å². The lowest BCUT2D eigenvalue weighted by molar-refractivity contribution is -0.122. The van der Waals surface area contributed by atoms with Crippen LogP contribution in [-0.4, -0.2) is 37.5 Å². The average molecular weight is 389 g/mol. The zero-order valence-corrected chi connectivity index (χ0v) is 16.5. The minimum absolute atomic E-state index is 0.0810. The first-order chi connectivity index (χ1) is 13.3. The second-order valence-electron chi connectivity index (χ2n) is 5.94. The van der Waals surface area contributed by atoms with Crippen molar-refractivity contribution in [3.8, 4) is 11.5 Å². The SMILES string of the molecule is CCOC(=O)c1c(NC(=O)C(C)Oc2ccc(OC)cc2)oc(C)c1C(C)=O. The van der Waals surface area contributed by atoms with Gasteiger partial charge < -0.3 is 18.6 Å². The lowest BCUT2D eigenvalue weighted by Crippen LogP contribution is -2.30. The van der Waals surface area contributed by atoms with Crippen LogP contribution in [-0.2, 0) is 9.53 Å². The molecule has 0 aliphatic heterocycles. The van der Waals surface area contributed by atoms with E-state index in [9.17, 15) is 14.4 Å². The van der Waals surface area contributed by atoms with E-state index in [2.05, 4.69) is 5.32 Å². The summed E-state index contributed by atoms with van der Waals surface area (Å²) in [6.45, 7) is 6.14. The van der Waals surface area contributed by atoms with Crippen LogP contribution in [0.1, 0.15) is 47.2 Å². The van der Waals surface area contributed by atoms with Gasteiger partial charge >= 0.3 is 5.97 Å². The molecule has 28 heavy (non-hydrogen) atoms. The van der Waals surface area contributed by atoms with E-state index in [1.807, 2.05) is 0 Å². The molecular weight excluding hydrogens is 366 g/mol. The van der Waals surface area contributed by atoms with Gasteiger partial charge in [-0.15, -0.1) is 0 Å². The van der Waals surface area contributed by atoms with Gasteiger partial charge in [0.2, 0.25) is 5.88 Å². The third kappa shape index (κ3) is 4.70. The number of carbonyl (C=O) groups excluding carboxylic acids is 3. The topological polar surface area (TPSA) is 104 Å². The van der Waals surface area contributed by atoms with E-state index in [-0.39, 0.29) is 35.2 Å². The summed E-state index contributed by atoms with van der Waals surface area (Å²) in [5.41, 5.74) is -0.0191. The van der Waals surface area contributed by atoms with Crippen molar-refractivity contribution in [2.45, 2.75) is 33.8 Å². The summed E-state index contributed by atoms with van der Waals surface area (Å²) in [4.78, 5) is 36.7. The van der Waals surface area contributed by atoms with E-state index in [1.165, 1.54) is 13.8 Å². The summed E-state index contributed by atoms with van der Waals surface area (Å²) in [6, 6.07) is 6.73. The smallest absolute Gasteiger partial charge is 0.344 e. The van der Waals surface area contributed by atoms with E-state index in [1.54, 1.807) is 45.2 Å². The maximum absolute atomic E-state index is 12.5. The number of aryl methyl sites for hydroxylation is 1. The summed E-state index contributed by atoms with van der Waals surface area (Å²) in [5.74, 6) is -0.465. The molecule has 1 heterocycles. The number of esters is 1. The van der Waals surface area contributed by atoms with E-state index < -0.39 is 18.0 Å². The molecule has 8 nitrogen and oxygen atoms in total. The van der Waals surface area contributed by atoms with Gasteiger partial charge in [0.15, 0.2) is 11.9 Å². The zero-order valence-electron chi connectivity index (χ0n) is 16.5. The highest BCUT2D eigenvalue weighted by atomic mass is 16.5. The van der Waals surface area contributed by atoms with Gasteiger partial charge in [0.25, 0.3) is 5.91 Å². The first-order valence-electron chi connectivity index (χ1n) is 8.71. The third-order valence-electron chi connectivity index (χ3n) is 3.89. The molecule has 1 aromatic carbocycles. The summed E-state index contributed by atoms with van der Waals surface area (Å²) < 4.78 is 21.1. The van der Waals surface area contributed by atoms with Crippen molar-refractivity contribution in [1.82, 2.24) is 0 Å². The van der Waals surface area contributed by atoms with Gasteiger partial charge in [-0.1, -0.05) is 0 Å². The summed E-state index contributed by atoms with van der Waals surface area (Å²) in [6.07, 6.45) is -0.894. The number of carbonyl (C=O) groups is 3. The molecule has 2 rings (SSSR count). The second-order valence-corrected chi connectivity index (χ2v) is 5.94. The standard InChI is InChI=1S/C20H23NO7/c1-6-26-20(24)17-16(11(2)22)12(3)28-19(17)21-18(23)13(4)27-15-9-7-14(25-5)8-10-15/h7-10,13H,6H2,1-5H3,(H,21,23). The molecule has 1 atom stereocenters. The van der Waals surface area contributed by atoms with Gasteiger partial charge in [0.05, 0.1) is 19.3 Å². The van der Waals surface area contributed by atoms with Gasteiger partial charge in [-0.25, -0.2) is 4.79 Å². The molecule has 0 saturated carbocycles. The Kier molecular flexibility index (Phi) is 6.81. The Morgan fingerprint density at radius 2 is 1.71 bits per heavy atom. The fraction of sp³-hybridized carbons (Fsp3) is 0.350. The zero-order chi connectivity index (χ0) is 20.8. The van der Waals surface area contributed by atoms with Crippen molar-refractivity contribution in [2.24, 2.45) is 0 Å².